The summed E-state index contributed by atoms with van der Waals surface area (Å²) in [6.07, 6.45) is -0.481. The quantitative estimate of drug-likeness (QED) is 0.720. The van der Waals surface area contributed by atoms with Gasteiger partial charge in [-0.05, 0) is 56.5 Å². The van der Waals surface area contributed by atoms with E-state index in [9.17, 15) is 17.6 Å². The number of aryl methyl sites for hydroxylation is 2. The normalized spacial score (nSPS) is 19.0. The molecule has 2 atom stereocenters. The first-order valence-electron chi connectivity index (χ1n) is 9.64. The van der Waals surface area contributed by atoms with Crippen LogP contribution in [0.2, 0.25) is 0 Å². The number of carbonyl (C=O) groups is 1. The van der Waals surface area contributed by atoms with Crippen molar-refractivity contribution in [3.8, 4) is 5.75 Å². The first kappa shape index (κ1) is 21.3. The Kier molecular flexibility index (Phi) is 6.27. The highest BCUT2D eigenvalue weighted by Gasteiger charge is 2.37. The topological polar surface area (TPSA) is 63.7 Å². The van der Waals surface area contributed by atoms with Gasteiger partial charge in [-0.3, -0.25) is 4.79 Å². The maximum absolute atomic E-state index is 14.2. The van der Waals surface area contributed by atoms with Crippen LogP contribution in [0.4, 0.5) is 4.39 Å². The lowest BCUT2D eigenvalue weighted by Gasteiger charge is -2.31. The molecule has 7 heteroatoms. The Balaban J connectivity index is 1.84. The summed E-state index contributed by atoms with van der Waals surface area (Å²) in [6, 6.07) is 11.4. The van der Waals surface area contributed by atoms with Crippen LogP contribution in [-0.2, 0) is 21.2 Å². The molecule has 2 aromatic carbocycles. The van der Waals surface area contributed by atoms with Crippen molar-refractivity contribution < 1.29 is 22.3 Å². The molecule has 0 bridgehead atoms. The second-order valence-electron chi connectivity index (χ2n) is 7.70. The molecule has 2 unspecified atom stereocenters. The minimum atomic E-state index is -3.20. The van der Waals surface area contributed by atoms with E-state index < -0.39 is 27.8 Å². The Morgan fingerprint density at radius 1 is 1.21 bits per heavy atom. The first-order valence-corrected chi connectivity index (χ1v) is 11.5. The Morgan fingerprint density at radius 2 is 1.86 bits per heavy atom. The highest BCUT2D eigenvalue weighted by molar-refractivity contribution is 7.91. The van der Waals surface area contributed by atoms with E-state index in [2.05, 4.69) is 0 Å². The van der Waals surface area contributed by atoms with Crippen LogP contribution in [0.5, 0.6) is 5.75 Å². The minimum Gasteiger partial charge on any atom is -0.481 e. The second-order valence-corrected chi connectivity index (χ2v) is 9.93. The lowest BCUT2D eigenvalue weighted by Crippen LogP contribution is -2.46. The Bertz CT molecular complexity index is 985. The largest absolute Gasteiger partial charge is 0.481 e. The number of ether oxygens (including phenoxy) is 1. The van der Waals surface area contributed by atoms with Crippen molar-refractivity contribution in [3.63, 3.8) is 0 Å². The van der Waals surface area contributed by atoms with Crippen LogP contribution in [-0.4, -0.2) is 42.9 Å². The maximum Gasteiger partial charge on any atom is 0.263 e. The highest BCUT2D eigenvalue weighted by Crippen LogP contribution is 2.24. The summed E-state index contributed by atoms with van der Waals surface area (Å²) in [5, 5.41) is 0. The molecule has 156 valence electrons. The van der Waals surface area contributed by atoms with Gasteiger partial charge in [0.15, 0.2) is 15.9 Å². The maximum atomic E-state index is 14.2. The number of halogens is 1. The van der Waals surface area contributed by atoms with Gasteiger partial charge >= 0.3 is 0 Å². The minimum absolute atomic E-state index is 0.00619. The summed E-state index contributed by atoms with van der Waals surface area (Å²) in [6.45, 7) is 5.53. The number of hydrogen-bond acceptors (Lipinski definition) is 4. The van der Waals surface area contributed by atoms with Crippen LogP contribution in [0, 0.1) is 19.7 Å². The summed E-state index contributed by atoms with van der Waals surface area (Å²) in [5.41, 5.74) is 2.39. The van der Waals surface area contributed by atoms with E-state index >= 15 is 0 Å². The smallest absolute Gasteiger partial charge is 0.263 e. The Hall–Kier alpha value is -2.41. The summed E-state index contributed by atoms with van der Waals surface area (Å²) in [4.78, 5) is 14.7. The highest BCUT2D eigenvalue weighted by atomic mass is 32.2. The van der Waals surface area contributed by atoms with Crippen molar-refractivity contribution >= 4 is 15.7 Å². The van der Waals surface area contributed by atoms with Crippen LogP contribution in [0.1, 0.15) is 30.0 Å². The van der Waals surface area contributed by atoms with Gasteiger partial charge in [-0.1, -0.05) is 24.3 Å². The molecule has 1 heterocycles. The molecule has 2 aromatic rings. The molecule has 1 aliphatic rings. The van der Waals surface area contributed by atoms with Crippen LogP contribution in [0.3, 0.4) is 0 Å². The van der Waals surface area contributed by atoms with Gasteiger partial charge in [0, 0.05) is 18.2 Å². The summed E-state index contributed by atoms with van der Waals surface area (Å²) >= 11 is 0. The molecule has 0 spiro atoms. The molecule has 0 N–H and O–H groups in total. The van der Waals surface area contributed by atoms with Gasteiger partial charge in [0.25, 0.3) is 5.91 Å². The molecule has 29 heavy (non-hydrogen) atoms. The third kappa shape index (κ3) is 5.35. The van der Waals surface area contributed by atoms with E-state index in [0.29, 0.717) is 17.7 Å². The molecule has 1 aliphatic heterocycles. The molecule has 5 nitrogen and oxygen atoms in total. The van der Waals surface area contributed by atoms with E-state index in [1.54, 1.807) is 25.1 Å². The predicted molar refractivity (Wildman–Crippen MR) is 110 cm³/mol. The van der Waals surface area contributed by atoms with Gasteiger partial charge in [0.05, 0.1) is 11.5 Å². The zero-order valence-corrected chi connectivity index (χ0v) is 17.7. The van der Waals surface area contributed by atoms with Crippen molar-refractivity contribution in [2.45, 2.75) is 45.9 Å². The van der Waals surface area contributed by atoms with E-state index in [0.717, 1.165) is 11.1 Å². The molecule has 3 rings (SSSR count). The molecule has 0 radical (unpaired) electrons. The number of rotatable bonds is 6. The average Bonchev–Trinajstić information content (AvgIpc) is 2.99. The number of benzene rings is 2. The molecular weight excluding hydrogens is 393 g/mol. The van der Waals surface area contributed by atoms with Crippen LogP contribution in [0.25, 0.3) is 0 Å². The molecule has 0 aromatic heterocycles. The number of sulfone groups is 1. The molecule has 1 saturated heterocycles. The third-order valence-electron chi connectivity index (χ3n) is 5.09. The van der Waals surface area contributed by atoms with Crippen LogP contribution >= 0.6 is 0 Å². The zero-order chi connectivity index (χ0) is 21.2. The van der Waals surface area contributed by atoms with Gasteiger partial charge in [0.1, 0.15) is 11.6 Å². The van der Waals surface area contributed by atoms with Crippen molar-refractivity contribution in [2.75, 3.05) is 11.5 Å². The summed E-state index contributed by atoms with van der Waals surface area (Å²) < 4.78 is 44.0. The fourth-order valence-corrected chi connectivity index (χ4v) is 5.44. The lowest BCUT2D eigenvalue weighted by molar-refractivity contribution is -0.140. The fraction of sp³-hybridized carbons (Fsp3) is 0.409. The molecule has 0 aliphatic carbocycles. The number of hydrogen-bond donors (Lipinski definition) is 0. The van der Waals surface area contributed by atoms with E-state index in [-0.39, 0.29) is 24.0 Å². The SMILES string of the molecule is Cc1cc(C)cc(OC(C)C(=O)N(Cc2ccccc2F)C2CCS(=O)(=O)C2)c1. The van der Waals surface area contributed by atoms with Gasteiger partial charge in [-0.2, -0.15) is 0 Å². The standard InChI is InChI=1S/C22H26FNO4S/c1-15-10-16(2)12-20(11-15)28-17(3)22(25)24(19-8-9-29(26,27)14-19)13-18-6-4-5-7-21(18)23/h4-7,10-12,17,19H,8-9,13-14H2,1-3H3. The number of nitrogens with zero attached hydrogens (tertiary/aromatic N) is 1. The van der Waals surface area contributed by atoms with E-state index in [4.69, 9.17) is 4.74 Å². The van der Waals surface area contributed by atoms with Gasteiger partial charge in [-0.15, -0.1) is 0 Å². The monoisotopic (exact) mass is 419 g/mol. The molecule has 1 amide bonds. The van der Waals surface area contributed by atoms with Gasteiger partial charge < -0.3 is 9.64 Å². The fourth-order valence-electron chi connectivity index (χ4n) is 3.71. The van der Waals surface area contributed by atoms with Crippen molar-refractivity contribution in [3.05, 3.63) is 65.0 Å². The van der Waals surface area contributed by atoms with E-state index in [1.165, 1.54) is 11.0 Å². The Labute approximate surface area is 171 Å². The molecule has 1 fully saturated rings. The predicted octanol–water partition coefficient (Wildman–Crippen LogP) is 3.43. The average molecular weight is 420 g/mol. The molecule has 0 saturated carbocycles. The number of carbonyl (C=O) groups excluding carboxylic acids is 1. The number of amides is 1. The van der Waals surface area contributed by atoms with Gasteiger partial charge in [-0.25, -0.2) is 12.8 Å². The summed E-state index contributed by atoms with van der Waals surface area (Å²) in [5.74, 6) is -0.272. The van der Waals surface area contributed by atoms with E-state index in [1.807, 2.05) is 32.0 Å². The first-order chi connectivity index (χ1) is 13.6. The van der Waals surface area contributed by atoms with Crippen molar-refractivity contribution in [2.24, 2.45) is 0 Å². The third-order valence-corrected chi connectivity index (χ3v) is 6.84. The van der Waals surface area contributed by atoms with Crippen molar-refractivity contribution in [1.29, 1.82) is 0 Å². The summed E-state index contributed by atoms with van der Waals surface area (Å²) in [7, 11) is -3.20. The second kappa shape index (κ2) is 8.53. The molecular formula is C22H26FNO4S. The lowest BCUT2D eigenvalue weighted by atomic mass is 10.1. The Morgan fingerprint density at radius 3 is 2.45 bits per heavy atom. The zero-order valence-electron chi connectivity index (χ0n) is 16.9. The van der Waals surface area contributed by atoms with Gasteiger partial charge in [0.2, 0.25) is 0 Å². The van der Waals surface area contributed by atoms with Crippen LogP contribution < -0.4 is 4.74 Å². The van der Waals surface area contributed by atoms with Crippen molar-refractivity contribution in [1.82, 2.24) is 4.90 Å². The van der Waals surface area contributed by atoms with Crippen LogP contribution in [0.15, 0.2) is 42.5 Å².